The van der Waals surface area contributed by atoms with E-state index >= 15 is 0 Å². The van der Waals surface area contributed by atoms with E-state index in [9.17, 15) is 19.7 Å². The van der Waals surface area contributed by atoms with Crippen molar-refractivity contribution in [1.82, 2.24) is 10.6 Å². The van der Waals surface area contributed by atoms with Crippen LogP contribution in [-0.2, 0) is 11.3 Å². The van der Waals surface area contributed by atoms with Crippen LogP contribution in [0.15, 0.2) is 54.6 Å². The molecule has 26 heavy (non-hydrogen) atoms. The SMILES string of the molecule is CCNC(=O)c1cccc(CNC(=O)/C=C/c2cccc([N+](=O)[O-])c2)c1. The summed E-state index contributed by atoms with van der Waals surface area (Å²) in [6.07, 6.45) is 2.82. The van der Waals surface area contributed by atoms with Crippen molar-refractivity contribution in [3.63, 3.8) is 0 Å². The van der Waals surface area contributed by atoms with E-state index in [0.717, 1.165) is 5.56 Å². The first-order valence-corrected chi connectivity index (χ1v) is 8.07. The zero-order chi connectivity index (χ0) is 18.9. The van der Waals surface area contributed by atoms with Crippen LogP contribution in [-0.4, -0.2) is 23.3 Å². The van der Waals surface area contributed by atoms with Gasteiger partial charge >= 0.3 is 0 Å². The molecule has 0 heterocycles. The van der Waals surface area contributed by atoms with Gasteiger partial charge in [0.1, 0.15) is 0 Å². The summed E-state index contributed by atoms with van der Waals surface area (Å²) in [6.45, 7) is 2.66. The molecule has 0 saturated carbocycles. The zero-order valence-corrected chi connectivity index (χ0v) is 14.3. The molecule has 2 rings (SSSR count). The highest BCUT2D eigenvalue weighted by atomic mass is 16.6. The molecule has 0 fully saturated rings. The third kappa shape index (κ3) is 5.55. The number of nitrogens with zero attached hydrogens (tertiary/aromatic N) is 1. The molecule has 134 valence electrons. The Morgan fingerprint density at radius 2 is 1.88 bits per heavy atom. The van der Waals surface area contributed by atoms with E-state index < -0.39 is 4.92 Å². The van der Waals surface area contributed by atoms with E-state index in [1.807, 2.05) is 13.0 Å². The van der Waals surface area contributed by atoms with Crippen molar-refractivity contribution >= 4 is 23.6 Å². The number of carbonyl (C=O) groups excluding carboxylic acids is 2. The fraction of sp³-hybridized carbons (Fsp3) is 0.158. The molecule has 0 atom stereocenters. The Balaban J connectivity index is 1.94. The Morgan fingerprint density at radius 3 is 2.62 bits per heavy atom. The van der Waals surface area contributed by atoms with Crippen LogP contribution in [0.1, 0.15) is 28.4 Å². The average Bonchev–Trinajstić information content (AvgIpc) is 2.65. The van der Waals surface area contributed by atoms with Crippen LogP contribution in [0.2, 0.25) is 0 Å². The Morgan fingerprint density at radius 1 is 1.12 bits per heavy atom. The summed E-state index contributed by atoms with van der Waals surface area (Å²) < 4.78 is 0. The predicted molar refractivity (Wildman–Crippen MR) is 98.4 cm³/mol. The molecule has 0 aliphatic carbocycles. The van der Waals surface area contributed by atoms with Gasteiger partial charge in [-0.1, -0.05) is 24.3 Å². The molecular formula is C19H19N3O4. The molecule has 0 unspecified atom stereocenters. The minimum Gasteiger partial charge on any atom is -0.352 e. The van der Waals surface area contributed by atoms with Gasteiger partial charge in [-0.3, -0.25) is 19.7 Å². The third-order valence-corrected chi connectivity index (χ3v) is 3.50. The normalized spacial score (nSPS) is 10.5. The van der Waals surface area contributed by atoms with E-state index in [0.29, 0.717) is 17.7 Å². The second-order valence-electron chi connectivity index (χ2n) is 5.46. The molecule has 0 saturated heterocycles. The lowest BCUT2D eigenvalue weighted by molar-refractivity contribution is -0.384. The largest absolute Gasteiger partial charge is 0.352 e. The summed E-state index contributed by atoms with van der Waals surface area (Å²) >= 11 is 0. The zero-order valence-electron chi connectivity index (χ0n) is 14.3. The molecule has 7 nitrogen and oxygen atoms in total. The molecule has 0 spiro atoms. The van der Waals surface area contributed by atoms with Gasteiger partial charge in [-0.2, -0.15) is 0 Å². The number of amides is 2. The number of rotatable bonds is 7. The lowest BCUT2D eigenvalue weighted by Crippen LogP contribution is -2.23. The maximum absolute atomic E-state index is 11.9. The van der Waals surface area contributed by atoms with E-state index in [4.69, 9.17) is 0 Å². The van der Waals surface area contributed by atoms with Gasteiger partial charge in [0.15, 0.2) is 0 Å². The number of carbonyl (C=O) groups is 2. The van der Waals surface area contributed by atoms with Gasteiger partial charge in [-0.15, -0.1) is 0 Å². The van der Waals surface area contributed by atoms with Crippen molar-refractivity contribution < 1.29 is 14.5 Å². The molecule has 0 aliphatic rings. The lowest BCUT2D eigenvalue weighted by atomic mass is 10.1. The molecule has 7 heteroatoms. The molecule has 2 N–H and O–H groups in total. The summed E-state index contributed by atoms with van der Waals surface area (Å²) in [5, 5.41) is 16.2. The van der Waals surface area contributed by atoms with Crippen LogP contribution in [0.5, 0.6) is 0 Å². The first-order valence-electron chi connectivity index (χ1n) is 8.07. The average molecular weight is 353 g/mol. The van der Waals surface area contributed by atoms with Gasteiger partial charge in [-0.25, -0.2) is 0 Å². The van der Waals surface area contributed by atoms with Gasteiger partial charge in [0.2, 0.25) is 5.91 Å². The number of hydrogen-bond donors (Lipinski definition) is 2. The van der Waals surface area contributed by atoms with Gasteiger partial charge < -0.3 is 10.6 Å². The molecule has 0 bridgehead atoms. The minimum atomic E-state index is -0.487. The molecule has 0 aromatic heterocycles. The van der Waals surface area contributed by atoms with Gasteiger partial charge in [-0.05, 0) is 36.3 Å². The van der Waals surface area contributed by atoms with Crippen LogP contribution in [0.25, 0.3) is 6.08 Å². The monoisotopic (exact) mass is 353 g/mol. The van der Waals surface area contributed by atoms with Crippen LogP contribution in [0.4, 0.5) is 5.69 Å². The van der Waals surface area contributed by atoms with E-state index in [-0.39, 0.29) is 24.0 Å². The highest BCUT2D eigenvalue weighted by Crippen LogP contribution is 2.14. The Hall–Kier alpha value is -3.48. The lowest BCUT2D eigenvalue weighted by Gasteiger charge is -2.06. The number of benzene rings is 2. The fourth-order valence-corrected chi connectivity index (χ4v) is 2.25. The van der Waals surface area contributed by atoms with Crippen molar-refractivity contribution in [2.75, 3.05) is 6.54 Å². The second-order valence-corrected chi connectivity index (χ2v) is 5.46. The molecule has 2 aromatic rings. The van der Waals surface area contributed by atoms with Crippen LogP contribution >= 0.6 is 0 Å². The quantitative estimate of drug-likeness (QED) is 0.454. The van der Waals surface area contributed by atoms with E-state index in [1.165, 1.54) is 24.3 Å². The standard InChI is InChI=1S/C19H19N3O4/c1-2-20-19(24)16-7-3-6-15(11-16)13-21-18(23)10-9-14-5-4-8-17(12-14)22(25)26/h3-12H,2,13H2,1H3,(H,20,24)(H,21,23)/b10-9+. The van der Waals surface area contributed by atoms with E-state index in [2.05, 4.69) is 10.6 Å². The van der Waals surface area contributed by atoms with Crippen molar-refractivity contribution in [3.8, 4) is 0 Å². The van der Waals surface area contributed by atoms with Crippen molar-refractivity contribution in [2.24, 2.45) is 0 Å². The third-order valence-electron chi connectivity index (χ3n) is 3.50. The second kappa shape index (κ2) is 9.12. The number of nitrogens with one attached hydrogen (secondary N) is 2. The summed E-state index contributed by atoms with van der Waals surface area (Å²) in [5.74, 6) is -0.494. The molecule has 0 aliphatic heterocycles. The van der Waals surface area contributed by atoms with Gasteiger partial charge in [0.25, 0.3) is 11.6 Å². The van der Waals surface area contributed by atoms with Crippen LogP contribution in [0, 0.1) is 10.1 Å². The first kappa shape index (κ1) is 18.9. The highest BCUT2D eigenvalue weighted by Gasteiger charge is 2.06. The Kier molecular flexibility index (Phi) is 6.61. The molecule has 0 radical (unpaired) electrons. The maximum atomic E-state index is 11.9. The summed E-state index contributed by atoms with van der Waals surface area (Å²) in [7, 11) is 0. The topological polar surface area (TPSA) is 101 Å². The Labute approximate surface area is 150 Å². The van der Waals surface area contributed by atoms with Crippen LogP contribution < -0.4 is 10.6 Å². The first-order chi connectivity index (χ1) is 12.5. The van der Waals surface area contributed by atoms with E-state index in [1.54, 1.807) is 30.3 Å². The maximum Gasteiger partial charge on any atom is 0.270 e. The Bertz CT molecular complexity index is 846. The van der Waals surface area contributed by atoms with Crippen molar-refractivity contribution in [2.45, 2.75) is 13.5 Å². The van der Waals surface area contributed by atoms with Crippen molar-refractivity contribution in [1.29, 1.82) is 0 Å². The summed E-state index contributed by atoms with van der Waals surface area (Å²) in [5.41, 5.74) is 1.86. The van der Waals surface area contributed by atoms with Crippen molar-refractivity contribution in [3.05, 3.63) is 81.4 Å². The summed E-state index contributed by atoms with van der Waals surface area (Å²) in [4.78, 5) is 34.0. The predicted octanol–water partition coefficient (Wildman–Crippen LogP) is 2.67. The molecular weight excluding hydrogens is 334 g/mol. The smallest absolute Gasteiger partial charge is 0.270 e. The molecule has 2 aromatic carbocycles. The van der Waals surface area contributed by atoms with Gasteiger partial charge in [0, 0.05) is 36.9 Å². The van der Waals surface area contributed by atoms with Crippen LogP contribution in [0.3, 0.4) is 0 Å². The number of hydrogen-bond acceptors (Lipinski definition) is 4. The highest BCUT2D eigenvalue weighted by molar-refractivity contribution is 5.94. The number of non-ortho nitro benzene ring substituents is 1. The minimum absolute atomic E-state index is 0.0327. The van der Waals surface area contributed by atoms with Gasteiger partial charge in [0.05, 0.1) is 4.92 Å². The number of nitro benzene ring substituents is 1. The number of nitro groups is 1. The molecule has 2 amide bonds. The fourth-order valence-electron chi connectivity index (χ4n) is 2.25. The summed E-state index contributed by atoms with van der Waals surface area (Å²) in [6, 6.07) is 13.0.